The number of ether oxygens (including phenoxy) is 1. The number of nitrogens with one attached hydrogen (secondary N) is 1. The zero-order valence-electron chi connectivity index (χ0n) is 12.5. The summed E-state index contributed by atoms with van der Waals surface area (Å²) in [6, 6.07) is 7.29. The van der Waals surface area contributed by atoms with Gasteiger partial charge < -0.3 is 10.1 Å². The Morgan fingerprint density at radius 3 is 2.86 bits per heavy atom. The Balaban J connectivity index is 1.75. The first kappa shape index (κ1) is 16.6. The fraction of sp³-hybridized carbons (Fsp3) is 0.412. The lowest BCUT2D eigenvalue weighted by Crippen LogP contribution is -2.35. The largest absolute Gasteiger partial charge is 0.453 e. The van der Waals surface area contributed by atoms with Gasteiger partial charge in [0.1, 0.15) is 0 Å². The highest BCUT2D eigenvalue weighted by Gasteiger charge is 2.20. The second-order valence-electron chi connectivity index (χ2n) is 5.41. The first-order valence-corrected chi connectivity index (χ1v) is 7.81. The van der Waals surface area contributed by atoms with E-state index in [9.17, 15) is 9.59 Å². The van der Waals surface area contributed by atoms with Crippen LogP contribution < -0.4 is 5.32 Å². The summed E-state index contributed by atoms with van der Waals surface area (Å²) < 4.78 is 5.17. The third kappa shape index (κ3) is 4.88. The molecule has 0 unspecified atom stereocenters. The van der Waals surface area contributed by atoms with Gasteiger partial charge in [-0.1, -0.05) is 42.0 Å². The van der Waals surface area contributed by atoms with E-state index in [0.717, 1.165) is 18.4 Å². The van der Waals surface area contributed by atoms with Gasteiger partial charge in [0.25, 0.3) is 5.91 Å². The third-order valence-electron chi connectivity index (χ3n) is 3.63. The number of esters is 1. The van der Waals surface area contributed by atoms with Crippen molar-refractivity contribution in [1.29, 1.82) is 0 Å². The van der Waals surface area contributed by atoms with Gasteiger partial charge in [-0.15, -0.1) is 0 Å². The Labute approximate surface area is 135 Å². The SMILES string of the molecule is C[C@@H](OC(=O)C[C@H]1C=CCC1)C(=O)NCc1ccccc1Cl. The fourth-order valence-corrected chi connectivity index (χ4v) is 2.55. The van der Waals surface area contributed by atoms with Gasteiger partial charge in [-0.25, -0.2) is 0 Å². The van der Waals surface area contributed by atoms with Crippen LogP contribution in [0, 0.1) is 5.92 Å². The van der Waals surface area contributed by atoms with Crippen LogP contribution in [0.1, 0.15) is 31.7 Å². The number of benzene rings is 1. The van der Waals surface area contributed by atoms with Gasteiger partial charge in [0.05, 0.1) is 6.42 Å². The zero-order valence-corrected chi connectivity index (χ0v) is 13.3. The van der Waals surface area contributed by atoms with E-state index in [2.05, 4.69) is 11.4 Å². The van der Waals surface area contributed by atoms with E-state index < -0.39 is 6.10 Å². The van der Waals surface area contributed by atoms with Crippen LogP contribution in [0.2, 0.25) is 5.02 Å². The lowest BCUT2D eigenvalue weighted by Gasteiger charge is -2.15. The lowest BCUT2D eigenvalue weighted by molar-refractivity contribution is -0.155. The van der Waals surface area contributed by atoms with Crippen LogP contribution in [0.5, 0.6) is 0 Å². The smallest absolute Gasteiger partial charge is 0.307 e. The third-order valence-corrected chi connectivity index (χ3v) is 4.00. The highest BCUT2D eigenvalue weighted by atomic mass is 35.5. The van der Waals surface area contributed by atoms with E-state index >= 15 is 0 Å². The molecule has 0 saturated carbocycles. The highest BCUT2D eigenvalue weighted by molar-refractivity contribution is 6.31. The van der Waals surface area contributed by atoms with E-state index in [1.54, 1.807) is 13.0 Å². The standard InChI is InChI=1S/C17H20ClNO3/c1-12(22-16(20)10-13-6-2-3-7-13)17(21)19-11-14-8-4-5-9-15(14)18/h2,4-6,8-9,12-13H,3,7,10-11H2,1H3,(H,19,21)/t12-,13+/m1/s1. The Kier molecular flexibility index (Phi) is 6.01. The summed E-state index contributed by atoms with van der Waals surface area (Å²) in [6.07, 6.45) is 5.61. The summed E-state index contributed by atoms with van der Waals surface area (Å²) in [6.45, 7) is 1.89. The molecule has 1 aromatic carbocycles. The van der Waals surface area contributed by atoms with Crippen LogP contribution in [0.4, 0.5) is 0 Å². The number of hydrogen-bond acceptors (Lipinski definition) is 3. The van der Waals surface area contributed by atoms with E-state index in [4.69, 9.17) is 16.3 Å². The summed E-state index contributed by atoms with van der Waals surface area (Å²) in [5, 5.41) is 3.32. The predicted molar refractivity (Wildman–Crippen MR) is 85.3 cm³/mol. The number of allylic oxidation sites excluding steroid dienone is 2. The second-order valence-corrected chi connectivity index (χ2v) is 5.82. The monoisotopic (exact) mass is 321 g/mol. The Hall–Kier alpha value is -1.81. The fourth-order valence-electron chi connectivity index (χ4n) is 2.35. The maximum atomic E-state index is 12.0. The number of carbonyl (C=O) groups excluding carboxylic acids is 2. The maximum Gasteiger partial charge on any atom is 0.307 e. The molecule has 0 aromatic heterocycles. The van der Waals surface area contributed by atoms with Crippen LogP contribution in [0.3, 0.4) is 0 Å². The van der Waals surface area contributed by atoms with Gasteiger partial charge in [0.2, 0.25) is 0 Å². The number of amides is 1. The summed E-state index contributed by atoms with van der Waals surface area (Å²) in [5.74, 6) is -0.418. The van der Waals surface area contributed by atoms with Crippen molar-refractivity contribution in [1.82, 2.24) is 5.32 Å². The molecule has 0 aliphatic heterocycles. The Morgan fingerprint density at radius 2 is 2.18 bits per heavy atom. The normalized spacial score (nSPS) is 18.0. The molecule has 22 heavy (non-hydrogen) atoms. The van der Waals surface area contributed by atoms with E-state index in [1.807, 2.05) is 24.3 Å². The van der Waals surface area contributed by atoms with Crippen LogP contribution >= 0.6 is 11.6 Å². The Bertz CT molecular complexity index is 571. The van der Waals surface area contributed by atoms with Crippen LogP contribution in [-0.2, 0) is 20.9 Å². The minimum atomic E-state index is -0.805. The molecule has 0 saturated heterocycles. The van der Waals surface area contributed by atoms with E-state index in [0.29, 0.717) is 18.0 Å². The van der Waals surface area contributed by atoms with Gasteiger partial charge in [-0.3, -0.25) is 9.59 Å². The molecule has 2 rings (SSSR count). The summed E-state index contributed by atoms with van der Waals surface area (Å²) in [4.78, 5) is 23.7. The first-order valence-electron chi connectivity index (χ1n) is 7.43. The molecule has 5 heteroatoms. The van der Waals surface area contributed by atoms with Gasteiger partial charge in [0, 0.05) is 11.6 Å². The molecule has 118 valence electrons. The highest BCUT2D eigenvalue weighted by Crippen LogP contribution is 2.21. The molecule has 0 fully saturated rings. The van der Waals surface area contributed by atoms with Crippen molar-refractivity contribution >= 4 is 23.5 Å². The average molecular weight is 322 g/mol. The van der Waals surface area contributed by atoms with Crippen LogP contribution in [0.15, 0.2) is 36.4 Å². The van der Waals surface area contributed by atoms with Crippen LogP contribution in [-0.4, -0.2) is 18.0 Å². The molecular weight excluding hydrogens is 302 g/mol. The summed E-state index contributed by atoms with van der Waals surface area (Å²) in [5.41, 5.74) is 0.826. The Morgan fingerprint density at radius 1 is 1.41 bits per heavy atom. The molecule has 1 N–H and O–H groups in total. The van der Waals surface area contributed by atoms with Crippen molar-refractivity contribution in [3.63, 3.8) is 0 Å². The molecule has 0 spiro atoms. The topological polar surface area (TPSA) is 55.4 Å². The second kappa shape index (κ2) is 7.99. The maximum absolute atomic E-state index is 12.0. The molecule has 0 radical (unpaired) electrons. The molecule has 0 heterocycles. The summed E-state index contributed by atoms with van der Waals surface area (Å²) in [7, 11) is 0. The lowest BCUT2D eigenvalue weighted by atomic mass is 10.1. The molecule has 1 aliphatic rings. The summed E-state index contributed by atoms with van der Waals surface area (Å²) >= 11 is 6.02. The number of carbonyl (C=O) groups is 2. The number of halogens is 1. The molecule has 1 amide bonds. The van der Waals surface area contributed by atoms with Crippen molar-refractivity contribution in [2.45, 2.75) is 38.8 Å². The van der Waals surface area contributed by atoms with Crippen molar-refractivity contribution in [3.05, 3.63) is 47.0 Å². The van der Waals surface area contributed by atoms with Gasteiger partial charge in [0.15, 0.2) is 6.10 Å². The van der Waals surface area contributed by atoms with E-state index in [-0.39, 0.29) is 17.8 Å². The molecule has 2 atom stereocenters. The minimum absolute atomic E-state index is 0.242. The van der Waals surface area contributed by atoms with Crippen molar-refractivity contribution < 1.29 is 14.3 Å². The number of rotatable bonds is 6. The van der Waals surface area contributed by atoms with Crippen molar-refractivity contribution in [3.8, 4) is 0 Å². The molecule has 1 aliphatic carbocycles. The van der Waals surface area contributed by atoms with Crippen molar-refractivity contribution in [2.75, 3.05) is 0 Å². The first-order chi connectivity index (χ1) is 10.6. The zero-order chi connectivity index (χ0) is 15.9. The minimum Gasteiger partial charge on any atom is -0.453 e. The number of hydrogen-bond donors (Lipinski definition) is 1. The van der Waals surface area contributed by atoms with Gasteiger partial charge in [-0.05, 0) is 37.3 Å². The quantitative estimate of drug-likeness (QED) is 0.646. The van der Waals surface area contributed by atoms with Gasteiger partial charge in [-0.2, -0.15) is 0 Å². The molecule has 0 bridgehead atoms. The molecular formula is C17H20ClNO3. The molecule has 4 nitrogen and oxygen atoms in total. The predicted octanol–water partition coefficient (Wildman–Crippen LogP) is 3.24. The van der Waals surface area contributed by atoms with Crippen LogP contribution in [0.25, 0.3) is 0 Å². The molecule has 1 aromatic rings. The van der Waals surface area contributed by atoms with E-state index in [1.165, 1.54) is 0 Å². The van der Waals surface area contributed by atoms with Crippen molar-refractivity contribution in [2.24, 2.45) is 5.92 Å². The average Bonchev–Trinajstić information content (AvgIpc) is 2.98. The van der Waals surface area contributed by atoms with Gasteiger partial charge >= 0.3 is 5.97 Å².